The number of imidazole rings is 1. The Kier molecular flexibility index (Phi) is 2.07. The highest BCUT2D eigenvalue weighted by molar-refractivity contribution is 5.77. The minimum absolute atomic E-state index is 0.705. The predicted octanol–water partition coefficient (Wildman–Crippen LogP) is 1.90. The van der Waals surface area contributed by atoms with Gasteiger partial charge in [-0.2, -0.15) is 5.10 Å². The first-order valence-electron chi connectivity index (χ1n) is 5.08. The fourth-order valence-electron chi connectivity index (χ4n) is 1.60. The standard InChI is InChI=1S/C11H11N5/c1-2-4-10-9(3-1)15-11(16-10)12-5-8-6-13-14-7-8/h1-4,6-7H,5H2,(H,13,14)(H2,12,15,16). The predicted molar refractivity (Wildman–Crippen MR) is 62.0 cm³/mol. The first-order valence-corrected chi connectivity index (χ1v) is 5.08. The van der Waals surface area contributed by atoms with Crippen molar-refractivity contribution in [3.05, 3.63) is 42.2 Å². The summed E-state index contributed by atoms with van der Waals surface area (Å²) in [5, 5.41) is 9.86. The fraction of sp³-hybridized carbons (Fsp3) is 0.0909. The molecular formula is C11H11N5. The summed E-state index contributed by atoms with van der Waals surface area (Å²) in [4.78, 5) is 7.62. The van der Waals surface area contributed by atoms with Crippen LogP contribution in [-0.4, -0.2) is 20.2 Å². The van der Waals surface area contributed by atoms with Gasteiger partial charge in [0.2, 0.25) is 5.95 Å². The van der Waals surface area contributed by atoms with Crippen LogP contribution in [0.15, 0.2) is 36.7 Å². The maximum atomic E-state index is 4.41. The summed E-state index contributed by atoms with van der Waals surface area (Å²) in [6, 6.07) is 7.95. The van der Waals surface area contributed by atoms with Crippen molar-refractivity contribution in [3.63, 3.8) is 0 Å². The van der Waals surface area contributed by atoms with Gasteiger partial charge in [-0.05, 0) is 12.1 Å². The zero-order valence-electron chi connectivity index (χ0n) is 8.57. The normalized spacial score (nSPS) is 10.8. The number of anilines is 1. The van der Waals surface area contributed by atoms with Crippen LogP contribution in [-0.2, 0) is 6.54 Å². The van der Waals surface area contributed by atoms with Gasteiger partial charge >= 0.3 is 0 Å². The van der Waals surface area contributed by atoms with Crippen LogP contribution in [0.1, 0.15) is 5.56 Å². The van der Waals surface area contributed by atoms with Gasteiger partial charge in [-0.3, -0.25) is 5.10 Å². The number of para-hydroxylation sites is 2. The van der Waals surface area contributed by atoms with Crippen LogP contribution in [0.25, 0.3) is 11.0 Å². The lowest BCUT2D eigenvalue weighted by Gasteiger charge is -1.98. The lowest BCUT2D eigenvalue weighted by Crippen LogP contribution is -1.99. The smallest absolute Gasteiger partial charge is 0.201 e. The van der Waals surface area contributed by atoms with Crippen LogP contribution in [0.3, 0.4) is 0 Å². The lowest BCUT2D eigenvalue weighted by molar-refractivity contribution is 1.09. The Morgan fingerprint density at radius 1 is 1.25 bits per heavy atom. The Bertz CT molecular complexity index is 548. The highest BCUT2D eigenvalue weighted by Gasteiger charge is 2.01. The minimum Gasteiger partial charge on any atom is -0.352 e. The highest BCUT2D eigenvalue weighted by atomic mass is 15.1. The van der Waals surface area contributed by atoms with Crippen molar-refractivity contribution in [2.45, 2.75) is 6.54 Å². The summed E-state index contributed by atoms with van der Waals surface area (Å²) in [6.07, 6.45) is 3.64. The summed E-state index contributed by atoms with van der Waals surface area (Å²) in [5.74, 6) is 0.780. The van der Waals surface area contributed by atoms with E-state index in [0.717, 1.165) is 22.5 Å². The number of fused-ring (bicyclic) bond motifs is 1. The molecule has 0 fully saturated rings. The number of nitrogens with one attached hydrogen (secondary N) is 3. The van der Waals surface area contributed by atoms with Crippen molar-refractivity contribution in [1.29, 1.82) is 0 Å². The molecule has 2 heterocycles. The average Bonchev–Trinajstić information content (AvgIpc) is 2.95. The zero-order valence-corrected chi connectivity index (χ0v) is 8.57. The van der Waals surface area contributed by atoms with Gasteiger partial charge in [0.15, 0.2) is 0 Å². The van der Waals surface area contributed by atoms with E-state index in [1.165, 1.54) is 0 Å². The number of nitrogens with zero attached hydrogens (tertiary/aromatic N) is 2. The largest absolute Gasteiger partial charge is 0.352 e. The molecule has 0 aliphatic rings. The highest BCUT2D eigenvalue weighted by Crippen LogP contribution is 2.13. The van der Waals surface area contributed by atoms with Gasteiger partial charge in [0.05, 0.1) is 17.2 Å². The Labute approximate surface area is 91.9 Å². The molecule has 0 radical (unpaired) electrons. The summed E-state index contributed by atoms with van der Waals surface area (Å²) in [7, 11) is 0. The van der Waals surface area contributed by atoms with Gasteiger partial charge in [-0.25, -0.2) is 4.98 Å². The molecule has 0 saturated carbocycles. The second-order valence-corrected chi connectivity index (χ2v) is 3.56. The molecule has 0 aliphatic heterocycles. The fourth-order valence-corrected chi connectivity index (χ4v) is 1.60. The molecule has 0 spiro atoms. The van der Waals surface area contributed by atoms with Crippen molar-refractivity contribution in [1.82, 2.24) is 20.2 Å². The third-order valence-electron chi connectivity index (χ3n) is 2.40. The third kappa shape index (κ3) is 1.63. The number of H-pyrrole nitrogens is 2. The molecule has 80 valence electrons. The molecule has 1 aromatic carbocycles. The minimum atomic E-state index is 0.705. The number of hydrogen-bond acceptors (Lipinski definition) is 3. The van der Waals surface area contributed by atoms with E-state index in [4.69, 9.17) is 0 Å². The Balaban J connectivity index is 1.79. The molecular weight excluding hydrogens is 202 g/mol. The van der Waals surface area contributed by atoms with Gasteiger partial charge in [-0.15, -0.1) is 0 Å². The maximum absolute atomic E-state index is 4.41. The number of aromatic amines is 2. The number of hydrogen-bond donors (Lipinski definition) is 3. The molecule has 3 rings (SSSR count). The monoisotopic (exact) mass is 213 g/mol. The van der Waals surface area contributed by atoms with E-state index in [1.54, 1.807) is 6.20 Å². The van der Waals surface area contributed by atoms with E-state index in [-0.39, 0.29) is 0 Å². The second kappa shape index (κ2) is 3.69. The van der Waals surface area contributed by atoms with Gasteiger partial charge < -0.3 is 10.3 Å². The van der Waals surface area contributed by atoms with Crippen molar-refractivity contribution < 1.29 is 0 Å². The molecule has 5 heteroatoms. The molecule has 0 atom stereocenters. The topological polar surface area (TPSA) is 69.4 Å². The summed E-state index contributed by atoms with van der Waals surface area (Å²) in [6.45, 7) is 0.705. The molecule has 0 saturated heterocycles. The summed E-state index contributed by atoms with van der Waals surface area (Å²) >= 11 is 0. The molecule has 0 unspecified atom stereocenters. The molecule has 0 aliphatic carbocycles. The Morgan fingerprint density at radius 2 is 2.19 bits per heavy atom. The molecule has 3 aromatic rings. The van der Waals surface area contributed by atoms with E-state index in [0.29, 0.717) is 6.54 Å². The molecule has 0 amide bonds. The Morgan fingerprint density at radius 3 is 3.00 bits per heavy atom. The summed E-state index contributed by atoms with van der Waals surface area (Å²) in [5.41, 5.74) is 3.11. The van der Waals surface area contributed by atoms with E-state index >= 15 is 0 Å². The molecule has 2 aromatic heterocycles. The molecule has 16 heavy (non-hydrogen) atoms. The SMILES string of the molecule is c1ccc2[nH]c(NCc3cn[nH]c3)nc2c1. The van der Waals surface area contributed by atoms with Gasteiger partial charge in [0.25, 0.3) is 0 Å². The number of rotatable bonds is 3. The lowest BCUT2D eigenvalue weighted by atomic mass is 10.3. The van der Waals surface area contributed by atoms with Crippen molar-refractivity contribution >= 4 is 17.0 Å². The van der Waals surface area contributed by atoms with Crippen LogP contribution in [0.2, 0.25) is 0 Å². The van der Waals surface area contributed by atoms with Crippen LogP contribution in [0.5, 0.6) is 0 Å². The molecule has 3 N–H and O–H groups in total. The van der Waals surface area contributed by atoms with Crippen molar-refractivity contribution in [3.8, 4) is 0 Å². The third-order valence-corrected chi connectivity index (χ3v) is 2.40. The van der Waals surface area contributed by atoms with Crippen molar-refractivity contribution in [2.24, 2.45) is 0 Å². The average molecular weight is 213 g/mol. The maximum Gasteiger partial charge on any atom is 0.201 e. The van der Waals surface area contributed by atoms with E-state index < -0.39 is 0 Å². The second-order valence-electron chi connectivity index (χ2n) is 3.56. The van der Waals surface area contributed by atoms with Crippen LogP contribution in [0.4, 0.5) is 5.95 Å². The number of benzene rings is 1. The molecule has 0 bridgehead atoms. The van der Waals surface area contributed by atoms with Gasteiger partial charge in [0, 0.05) is 18.3 Å². The van der Waals surface area contributed by atoms with Crippen LogP contribution >= 0.6 is 0 Å². The van der Waals surface area contributed by atoms with E-state index in [9.17, 15) is 0 Å². The first kappa shape index (κ1) is 8.96. The Hall–Kier alpha value is -2.30. The van der Waals surface area contributed by atoms with Gasteiger partial charge in [-0.1, -0.05) is 12.1 Å². The van der Waals surface area contributed by atoms with Crippen molar-refractivity contribution in [2.75, 3.05) is 5.32 Å². The quantitative estimate of drug-likeness (QED) is 0.622. The number of aromatic nitrogens is 4. The van der Waals surface area contributed by atoms with Crippen LogP contribution < -0.4 is 5.32 Å². The van der Waals surface area contributed by atoms with Crippen LogP contribution in [0, 0.1) is 0 Å². The van der Waals surface area contributed by atoms with Gasteiger partial charge in [0.1, 0.15) is 0 Å². The zero-order chi connectivity index (χ0) is 10.8. The molecule has 5 nitrogen and oxygen atoms in total. The van der Waals surface area contributed by atoms with E-state index in [2.05, 4.69) is 25.5 Å². The first-order chi connectivity index (χ1) is 7.92. The van der Waals surface area contributed by atoms with E-state index in [1.807, 2.05) is 30.5 Å². The summed E-state index contributed by atoms with van der Waals surface area (Å²) < 4.78 is 0.